The molecule has 0 aromatic carbocycles. The van der Waals surface area contributed by atoms with Crippen molar-refractivity contribution in [2.75, 3.05) is 13.1 Å². The Morgan fingerprint density at radius 3 is 2.70 bits per heavy atom. The summed E-state index contributed by atoms with van der Waals surface area (Å²) >= 11 is 0. The van der Waals surface area contributed by atoms with E-state index in [1.807, 2.05) is 0 Å². The molecule has 0 saturated carbocycles. The molecule has 2 heterocycles. The Labute approximate surface area is 123 Å². The van der Waals surface area contributed by atoms with E-state index in [2.05, 4.69) is 37.9 Å². The molecule has 2 saturated heterocycles. The highest BCUT2D eigenvalue weighted by atomic mass is 16.1. The van der Waals surface area contributed by atoms with Gasteiger partial charge in [-0.2, -0.15) is 0 Å². The average molecular weight is 281 g/mol. The fourth-order valence-electron chi connectivity index (χ4n) is 4.07. The molecule has 4 atom stereocenters. The fourth-order valence-corrected chi connectivity index (χ4v) is 4.07. The van der Waals surface area contributed by atoms with Gasteiger partial charge in [-0.15, -0.1) is 0 Å². The number of likely N-dealkylation sites (tertiary alicyclic amines) is 1. The second-order valence-corrected chi connectivity index (χ2v) is 7.64. The van der Waals surface area contributed by atoms with Crippen molar-refractivity contribution >= 4 is 5.91 Å². The van der Waals surface area contributed by atoms with Crippen LogP contribution in [0.4, 0.5) is 0 Å². The molecule has 4 unspecified atom stereocenters. The predicted octanol–water partition coefficient (Wildman–Crippen LogP) is 1.74. The van der Waals surface area contributed by atoms with Crippen molar-refractivity contribution in [3.8, 4) is 0 Å². The van der Waals surface area contributed by atoms with Crippen LogP contribution < -0.4 is 11.1 Å². The molecule has 0 spiro atoms. The standard InChI is InChI=1S/C16H31N3O/c1-5-12(17)15(16(2,3)4)19-9-8-13-11(10-19)6-7-14(20)18-13/h11-13,15H,5-10,17H2,1-4H3,(H,18,20). The van der Waals surface area contributed by atoms with Gasteiger partial charge in [0.05, 0.1) is 0 Å². The molecule has 0 bridgehead atoms. The van der Waals surface area contributed by atoms with Crippen molar-refractivity contribution in [1.29, 1.82) is 0 Å². The maximum atomic E-state index is 11.5. The van der Waals surface area contributed by atoms with Crippen molar-refractivity contribution in [2.24, 2.45) is 17.1 Å². The van der Waals surface area contributed by atoms with E-state index >= 15 is 0 Å². The quantitative estimate of drug-likeness (QED) is 0.828. The van der Waals surface area contributed by atoms with Gasteiger partial charge in [0.1, 0.15) is 0 Å². The smallest absolute Gasteiger partial charge is 0.220 e. The molecule has 0 aliphatic carbocycles. The minimum atomic E-state index is 0.195. The molecule has 2 aliphatic heterocycles. The minimum Gasteiger partial charge on any atom is -0.353 e. The largest absolute Gasteiger partial charge is 0.353 e. The second-order valence-electron chi connectivity index (χ2n) is 7.64. The lowest BCUT2D eigenvalue weighted by atomic mass is 9.77. The number of piperidine rings is 2. The van der Waals surface area contributed by atoms with Crippen molar-refractivity contribution in [3.63, 3.8) is 0 Å². The number of carbonyl (C=O) groups excluding carboxylic acids is 1. The normalized spacial score (nSPS) is 31.4. The third kappa shape index (κ3) is 3.34. The van der Waals surface area contributed by atoms with Crippen LogP contribution in [0.5, 0.6) is 0 Å². The molecule has 2 aliphatic rings. The van der Waals surface area contributed by atoms with E-state index < -0.39 is 0 Å². The Hall–Kier alpha value is -0.610. The number of nitrogens with zero attached hydrogens (tertiary/aromatic N) is 1. The molecule has 20 heavy (non-hydrogen) atoms. The Kier molecular flexibility index (Phi) is 4.75. The van der Waals surface area contributed by atoms with Crippen LogP contribution in [0.25, 0.3) is 0 Å². The number of hydrogen-bond acceptors (Lipinski definition) is 3. The second kappa shape index (κ2) is 6.02. The van der Waals surface area contributed by atoms with Crippen LogP contribution in [-0.2, 0) is 4.79 Å². The highest BCUT2D eigenvalue weighted by Gasteiger charge is 2.40. The maximum absolute atomic E-state index is 11.5. The fraction of sp³-hybridized carbons (Fsp3) is 0.938. The number of fused-ring (bicyclic) bond motifs is 1. The Morgan fingerprint density at radius 2 is 2.10 bits per heavy atom. The summed E-state index contributed by atoms with van der Waals surface area (Å²) in [6.07, 6.45) is 3.81. The van der Waals surface area contributed by atoms with Crippen LogP contribution in [0, 0.1) is 11.3 Å². The van der Waals surface area contributed by atoms with Crippen LogP contribution in [0.3, 0.4) is 0 Å². The number of amides is 1. The summed E-state index contributed by atoms with van der Waals surface area (Å²) < 4.78 is 0. The molecule has 4 heteroatoms. The Morgan fingerprint density at radius 1 is 1.40 bits per heavy atom. The molecule has 0 aromatic heterocycles. The summed E-state index contributed by atoms with van der Waals surface area (Å²) in [5.41, 5.74) is 6.61. The molecular weight excluding hydrogens is 250 g/mol. The van der Waals surface area contributed by atoms with E-state index in [-0.39, 0.29) is 17.4 Å². The molecule has 4 nitrogen and oxygen atoms in total. The van der Waals surface area contributed by atoms with Crippen molar-refractivity contribution in [1.82, 2.24) is 10.2 Å². The summed E-state index contributed by atoms with van der Waals surface area (Å²) in [6, 6.07) is 1.04. The van der Waals surface area contributed by atoms with Crippen LogP contribution in [-0.4, -0.2) is 42.0 Å². The first-order chi connectivity index (χ1) is 9.32. The third-order valence-corrected chi connectivity index (χ3v) is 5.01. The third-order valence-electron chi connectivity index (χ3n) is 5.01. The van der Waals surface area contributed by atoms with Gasteiger partial charge in [-0.1, -0.05) is 27.7 Å². The summed E-state index contributed by atoms with van der Waals surface area (Å²) in [5.74, 6) is 0.840. The van der Waals surface area contributed by atoms with Gasteiger partial charge in [-0.3, -0.25) is 9.69 Å². The van der Waals surface area contributed by atoms with E-state index in [1.54, 1.807) is 0 Å². The molecule has 2 rings (SSSR count). The van der Waals surface area contributed by atoms with Crippen LogP contribution in [0.2, 0.25) is 0 Å². The summed E-state index contributed by atoms with van der Waals surface area (Å²) in [5, 5.41) is 3.16. The minimum absolute atomic E-state index is 0.195. The maximum Gasteiger partial charge on any atom is 0.220 e. The summed E-state index contributed by atoms with van der Waals surface area (Å²) in [4.78, 5) is 14.1. The number of nitrogens with two attached hydrogens (primary N) is 1. The predicted molar refractivity (Wildman–Crippen MR) is 82.4 cm³/mol. The Bertz CT molecular complexity index is 350. The van der Waals surface area contributed by atoms with Crippen LogP contribution in [0.15, 0.2) is 0 Å². The Balaban J connectivity index is 2.07. The van der Waals surface area contributed by atoms with Crippen LogP contribution >= 0.6 is 0 Å². The van der Waals surface area contributed by atoms with E-state index in [0.29, 0.717) is 24.4 Å². The highest BCUT2D eigenvalue weighted by molar-refractivity contribution is 5.77. The SMILES string of the molecule is CCC(N)C(N1CCC2NC(=O)CCC2C1)C(C)(C)C. The van der Waals surface area contributed by atoms with E-state index in [9.17, 15) is 4.79 Å². The van der Waals surface area contributed by atoms with E-state index in [0.717, 1.165) is 32.4 Å². The topological polar surface area (TPSA) is 58.4 Å². The van der Waals surface area contributed by atoms with E-state index in [1.165, 1.54) is 0 Å². The molecular formula is C16H31N3O. The van der Waals surface area contributed by atoms with Gasteiger partial charge in [-0.05, 0) is 30.6 Å². The average Bonchev–Trinajstić information content (AvgIpc) is 2.37. The monoisotopic (exact) mass is 281 g/mol. The summed E-state index contributed by atoms with van der Waals surface area (Å²) in [7, 11) is 0. The number of rotatable bonds is 3. The lowest BCUT2D eigenvalue weighted by molar-refractivity contribution is -0.125. The molecule has 2 fully saturated rings. The van der Waals surface area contributed by atoms with Crippen molar-refractivity contribution < 1.29 is 4.79 Å². The van der Waals surface area contributed by atoms with Crippen molar-refractivity contribution in [3.05, 3.63) is 0 Å². The zero-order valence-electron chi connectivity index (χ0n) is 13.5. The number of nitrogens with one attached hydrogen (secondary N) is 1. The zero-order chi connectivity index (χ0) is 14.9. The van der Waals surface area contributed by atoms with Gasteiger partial charge in [0.25, 0.3) is 0 Å². The molecule has 0 aromatic rings. The summed E-state index contributed by atoms with van der Waals surface area (Å²) in [6.45, 7) is 11.2. The lowest BCUT2D eigenvalue weighted by Gasteiger charge is -2.49. The van der Waals surface area contributed by atoms with E-state index in [4.69, 9.17) is 5.73 Å². The first kappa shape index (κ1) is 15.8. The van der Waals surface area contributed by atoms with Gasteiger partial charge in [0.15, 0.2) is 0 Å². The first-order valence-corrected chi connectivity index (χ1v) is 8.12. The van der Waals surface area contributed by atoms with Gasteiger partial charge < -0.3 is 11.1 Å². The molecule has 0 radical (unpaired) electrons. The molecule has 3 N–H and O–H groups in total. The molecule has 116 valence electrons. The van der Waals surface area contributed by atoms with Gasteiger partial charge in [-0.25, -0.2) is 0 Å². The van der Waals surface area contributed by atoms with Gasteiger partial charge in [0, 0.05) is 37.6 Å². The first-order valence-electron chi connectivity index (χ1n) is 8.12. The number of carbonyl (C=O) groups is 1. The van der Waals surface area contributed by atoms with Crippen molar-refractivity contribution in [2.45, 2.75) is 71.5 Å². The highest BCUT2D eigenvalue weighted by Crippen LogP contribution is 2.33. The molecule has 1 amide bonds. The van der Waals surface area contributed by atoms with Gasteiger partial charge in [0.2, 0.25) is 5.91 Å². The van der Waals surface area contributed by atoms with Crippen LogP contribution in [0.1, 0.15) is 53.4 Å². The zero-order valence-corrected chi connectivity index (χ0v) is 13.5. The van der Waals surface area contributed by atoms with Gasteiger partial charge >= 0.3 is 0 Å². The lowest BCUT2D eigenvalue weighted by Crippen LogP contribution is -2.61. The number of hydrogen-bond donors (Lipinski definition) is 2.